The van der Waals surface area contributed by atoms with Crippen LogP contribution in [0.1, 0.15) is 46.5 Å². The molecular formula is C24H22F3N3O3. The number of nitrogens with zero attached hydrogens (tertiary/aromatic N) is 1. The van der Waals surface area contributed by atoms with Gasteiger partial charge in [0, 0.05) is 24.7 Å². The third kappa shape index (κ3) is 5.24. The van der Waals surface area contributed by atoms with Crippen molar-refractivity contribution in [3.05, 3.63) is 77.2 Å². The summed E-state index contributed by atoms with van der Waals surface area (Å²) in [6.07, 6.45) is -1.77. The molecule has 3 aromatic rings. The van der Waals surface area contributed by atoms with Crippen molar-refractivity contribution in [3.63, 3.8) is 0 Å². The smallest absolute Gasteiger partial charge is 0.355 e. The summed E-state index contributed by atoms with van der Waals surface area (Å²) in [6.45, 7) is 1.85. The van der Waals surface area contributed by atoms with E-state index < -0.39 is 17.2 Å². The van der Waals surface area contributed by atoms with Crippen LogP contribution in [0.3, 0.4) is 0 Å². The number of amides is 1. The summed E-state index contributed by atoms with van der Waals surface area (Å²) in [6, 6.07) is 12.4. The minimum atomic E-state index is -4.47. The molecule has 33 heavy (non-hydrogen) atoms. The zero-order valence-corrected chi connectivity index (χ0v) is 17.8. The van der Waals surface area contributed by atoms with Gasteiger partial charge in [-0.1, -0.05) is 28.9 Å². The average molecular weight is 457 g/mol. The first-order valence-corrected chi connectivity index (χ1v) is 10.4. The van der Waals surface area contributed by atoms with Crippen LogP contribution in [0.2, 0.25) is 0 Å². The molecule has 1 aliphatic rings. The second-order valence-corrected chi connectivity index (χ2v) is 8.31. The highest BCUT2D eigenvalue weighted by Gasteiger charge is 2.51. The van der Waals surface area contributed by atoms with Crippen molar-refractivity contribution in [1.82, 2.24) is 10.5 Å². The van der Waals surface area contributed by atoms with Gasteiger partial charge in [0.05, 0.1) is 22.9 Å². The maximum absolute atomic E-state index is 13.3. The number of aryl methyl sites for hydroxylation is 1. The lowest BCUT2D eigenvalue weighted by atomic mass is 9.97. The maximum Gasteiger partial charge on any atom is 0.418 e. The normalized spacial score (nSPS) is 14.5. The highest BCUT2D eigenvalue weighted by molar-refractivity contribution is 5.98. The number of aromatic nitrogens is 1. The fraction of sp³-hybridized carbons (Fsp3) is 0.292. The van der Waals surface area contributed by atoms with Crippen LogP contribution in [-0.2, 0) is 17.5 Å². The van der Waals surface area contributed by atoms with Crippen LogP contribution in [0.5, 0.6) is 0 Å². The molecule has 1 amide bonds. The first-order chi connectivity index (χ1) is 15.7. The SMILES string of the molecule is Cc1ccc(Nc2ccc(CNC(=O)C3(CC(=O)c4ccno4)CC3)cc2)c(C(F)(F)F)c1. The van der Waals surface area contributed by atoms with E-state index in [0.717, 1.165) is 11.6 Å². The van der Waals surface area contributed by atoms with Crippen LogP contribution in [0.4, 0.5) is 24.5 Å². The van der Waals surface area contributed by atoms with Gasteiger partial charge in [0.15, 0.2) is 0 Å². The number of Topliss-reactive ketones (excluding diaryl/α,β-unsaturated/α-hetero) is 1. The molecule has 2 N–H and O–H groups in total. The Morgan fingerprint density at radius 3 is 2.42 bits per heavy atom. The Morgan fingerprint density at radius 2 is 1.82 bits per heavy atom. The number of carbonyl (C=O) groups is 2. The van der Waals surface area contributed by atoms with Crippen molar-refractivity contribution >= 4 is 23.1 Å². The predicted octanol–water partition coefficient (Wildman–Crippen LogP) is 5.41. The molecule has 4 rings (SSSR count). The van der Waals surface area contributed by atoms with Gasteiger partial charge in [-0.25, -0.2) is 0 Å². The first kappa shape index (κ1) is 22.6. The number of anilines is 2. The second-order valence-electron chi connectivity index (χ2n) is 8.31. The fourth-order valence-electron chi connectivity index (χ4n) is 3.62. The Labute approximate surface area is 188 Å². The Kier molecular flexibility index (Phi) is 5.97. The lowest BCUT2D eigenvalue weighted by Crippen LogP contribution is -2.33. The maximum atomic E-state index is 13.3. The number of ketones is 1. The zero-order valence-electron chi connectivity index (χ0n) is 17.8. The molecule has 0 saturated heterocycles. The van der Waals surface area contributed by atoms with Gasteiger partial charge in [-0.2, -0.15) is 13.2 Å². The summed E-state index contributed by atoms with van der Waals surface area (Å²) < 4.78 is 44.8. The van der Waals surface area contributed by atoms with E-state index in [4.69, 9.17) is 4.52 Å². The monoisotopic (exact) mass is 457 g/mol. The van der Waals surface area contributed by atoms with Gasteiger partial charge < -0.3 is 15.2 Å². The minimum absolute atomic E-state index is 0.0266. The van der Waals surface area contributed by atoms with E-state index in [1.54, 1.807) is 37.3 Å². The Morgan fingerprint density at radius 1 is 1.09 bits per heavy atom. The van der Waals surface area contributed by atoms with E-state index >= 15 is 0 Å². The molecule has 0 atom stereocenters. The molecule has 0 aliphatic heterocycles. The molecule has 9 heteroatoms. The van der Waals surface area contributed by atoms with Crippen LogP contribution < -0.4 is 10.6 Å². The highest BCUT2D eigenvalue weighted by Crippen LogP contribution is 2.49. The second kappa shape index (κ2) is 8.73. The standard InChI is InChI=1S/C24H22F3N3O3/c1-15-2-7-19(18(12-15)24(25,26)27)30-17-5-3-16(4-6-17)14-28-22(32)23(9-10-23)13-20(31)21-8-11-29-33-21/h2-8,11-12,30H,9-10,13-14H2,1H3,(H,28,32). The molecule has 0 spiro atoms. The fourth-order valence-corrected chi connectivity index (χ4v) is 3.62. The van der Waals surface area contributed by atoms with Crippen molar-refractivity contribution in [2.75, 3.05) is 5.32 Å². The third-order valence-electron chi connectivity index (χ3n) is 5.71. The topological polar surface area (TPSA) is 84.2 Å². The highest BCUT2D eigenvalue weighted by atomic mass is 19.4. The van der Waals surface area contributed by atoms with Crippen molar-refractivity contribution < 1.29 is 27.3 Å². The van der Waals surface area contributed by atoms with Gasteiger partial charge in [-0.15, -0.1) is 0 Å². The van der Waals surface area contributed by atoms with Crippen molar-refractivity contribution in [1.29, 1.82) is 0 Å². The number of halogens is 3. The number of nitrogens with one attached hydrogen (secondary N) is 2. The summed E-state index contributed by atoms with van der Waals surface area (Å²) in [5, 5.41) is 9.17. The number of carbonyl (C=O) groups excluding carboxylic acids is 2. The lowest BCUT2D eigenvalue weighted by Gasteiger charge is -2.16. The molecule has 0 radical (unpaired) electrons. The quantitative estimate of drug-likeness (QED) is 0.442. The summed E-state index contributed by atoms with van der Waals surface area (Å²) in [4.78, 5) is 24.9. The molecule has 0 bridgehead atoms. The molecule has 1 heterocycles. The van der Waals surface area contributed by atoms with E-state index in [1.807, 2.05) is 0 Å². The van der Waals surface area contributed by atoms with E-state index in [0.29, 0.717) is 24.1 Å². The zero-order chi connectivity index (χ0) is 23.6. The molecule has 1 saturated carbocycles. The van der Waals surface area contributed by atoms with Crippen molar-refractivity contribution in [2.24, 2.45) is 5.41 Å². The van der Waals surface area contributed by atoms with E-state index in [9.17, 15) is 22.8 Å². The van der Waals surface area contributed by atoms with Gasteiger partial charge in [0.2, 0.25) is 17.5 Å². The number of alkyl halides is 3. The van der Waals surface area contributed by atoms with Gasteiger partial charge in [-0.05, 0) is 49.6 Å². The molecule has 1 aliphatic carbocycles. The molecule has 172 valence electrons. The number of hydrogen-bond acceptors (Lipinski definition) is 5. The average Bonchev–Trinajstić information content (AvgIpc) is 3.33. The Hall–Kier alpha value is -3.62. The molecule has 6 nitrogen and oxygen atoms in total. The van der Waals surface area contributed by atoms with Crippen LogP contribution in [-0.4, -0.2) is 16.8 Å². The minimum Gasteiger partial charge on any atom is -0.355 e. The summed E-state index contributed by atoms with van der Waals surface area (Å²) >= 11 is 0. The summed E-state index contributed by atoms with van der Waals surface area (Å²) in [7, 11) is 0. The first-order valence-electron chi connectivity index (χ1n) is 10.4. The molecule has 1 aromatic heterocycles. The Balaban J connectivity index is 1.35. The van der Waals surface area contributed by atoms with Crippen LogP contribution in [0.15, 0.2) is 59.3 Å². The Bertz CT molecular complexity index is 1150. The van der Waals surface area contributed by atoms with Gasteiger partial charge in [0.25, 0.3) is 0 Å². The number of rotatable bonds is 8. The number of hydrogen-bond donors (Lipinski definition) is 2. The van der Waals surface area contributed by atoms with E-state index in [2.05, 4.69) is 15.8 Å². The summed E-state index contributed by atoms with van der Waals surface area (Å²) in [5.41, 5.74) is 0.330. The van der Waals surface area contributed by atoms with Crippen LogP contribution in [0.25, 0.3) is 0 Å². The van der Waals surface area contributed by atoms with E-state index in [-0.39, 0.29) is 36.1 Å². The molecular weight excluding hydrogens is 435 g/mol. The van der Waals surface area contributed by atoms with Crippen LogP contribution >= 0.6 is 0 Å². The number of benzene rings is 2. The largest absolute Gasteiger partial charge is 0.418 e. The summed E-state index contributed by atoms with van der Waals surface area (Å²) in [5.74, 6) is -0.323. The predicted molar refractivity (Wildman–Crippen MR) is 115 cm³/mol. The van der Waals surface area contributed by atoms with Gasteiger partial charge in [-0.3, -0.25) is 9.59 Å². The van der Waals surface area contributed by atoms with Crippen molar-refractivity contribution in [2.45, 2.75) is 38.9 Å². The van der Waals surface area contributed by atoms with Crippen LogP contribution in [0, 0.1) is 12.3 Å². The third-order valence-corrected chi connectivity index (χ3v) is 5.71. The van der Waals surface area contributed by atoms with Crippen molar-refractivity contribution in [3.8, 4) is 0 Å². The molecule has 0 unspecified atom stereocenters. The van der Waals surface area contributed by atoms with E-state index in [1.165, 1.54) is 18.3 Å². The molecule has 2 aromatic carbocycles. The van der Waals surface area contributed by atoms with Gasteiger partial charge >= 0.3 is 6.18 Å². The molecule has 1 fully saturated rings. The lowest BCUT2D eigenvalue weighted by molar-refractivity contribution is -0.137. The van der Waals surface area contributed by atoms with Gasteiger partial charge in [0.1, 0.15) is 0 Å².